The van der Waals surface area contributed by atoms with Crippen LogP contribution >= 0.6 is 0 Å². The maximum atomic E-state index is 11.7. The molecule has 2 amide bonds. The van der Waals surface area contributed by atoms with Crippen LogP contribution in [0.2, 0.25) is 0 Å². The van der Waals surface area contributed by atoms with Gasteiger partial charge >= 0.3 is 12.2 Å². The summed E-state index contributed by atoms with van der Waals surface area (Å²) in [5.41, 5.74) is -0.605. The lowest BCUT2D eigenvalue weighted by Gasteiger charge is -2.23. The summed E-state index contributed by atoms with van der Waals surface area (Å²) in [5.74, 6) is 0. The summed E-state index contributed by atoms with van der Waals surface area (Å²) in [5, 5.41) is 11.7. The van der Waals surface area contributed by atoms with Gasteiger partial charge in [0.1, 0.15) is 5.60 Å². The fourth-order valence-corrected chi connectivity index (χ4v) is 1.89. The molecule has 1 heterocycles. The molecule has 1 rings (SSSR count). The molecule has 0 aromatic rings. The topological polar surface area (TPSA) is 88.1 Å². The molecule has 7 heteroatoms. The summed E-state index contributed by atoms with van der Waals surface area (Å²) in [6.45, 7) is 9.51. The van der Waals surface area contributed by atoms with Crippen LogP contribution in [0, 0.1) is 0 Å². The van der Waals surface area contributed by atoms with Gasteiger partial charge in [-0.25, -0.2) is 9.59 Å². The normalized spacial score (nSPS) is 22.4. The first-order valence-electron chi connectivity index (χ1n) is 6.43. The van der Waals surface area contributed by atoms with Gasteiger partial charge in [-0.3, -0.25) is 0 Å². The molecule has 0 bridgehead atoms. The van der Waals surface area contributed by atoms with Gasteiger partial charge in [0.25, 0.3) is 0 Å². The Morgan fingerprint density at radius 3 is 2.60 bits per heavy atom. The van der Waals surface area contributed by atoms with E-state index < -0.39 is 29.9 Å². The summed E-state index contributed by atoms with van der Waals surface area (Å²) in [7, 11) is 0. The molecule has 0 saturated carbocycles. The van der Waals surface area contributed by atoms with Gasteiger partial charge in [-0.1, -0.05) is 6.08 Å². The molecule has 2 atom stereocenters. The number of nitrogens with zero attached hydrogens (tertiary/aromatic N) is 1. The van der Waals surface area contributed by atoms with Gasteiger partial charge < -0.3 is 24.8 Å². The molecule has 7 nitrogen and oxygen atoms in total. The Balaban J connectivity index is 2.61. The SMILES string of the molecule is C=CCOC1CN(C(=O)O)CC1NC(=O)OC(C)(C)C. The minimum absolute atomic E-state index is 0.177. The Bertz CT molecular complexity index is 377. The summed E-state index contributed by atoms with van der Waals surface area (Å²) < 4.78 is 10.6. The molecule has 20 heavy (non-hydrogen) atoms. The van der Waals surface area contributed by atoms with Crippen molar-refractivity contribution in [2.45, 2.75) is 38.5 Å². The number of alkyl carbamates (subject to hydrolysis) is 1. The molecule has 114 valence electrons. The van der Waals surface area contributed by atoms with Gasteiger partial charge in [-0.05, 0) is 20.8 Å². The molecule has 0 spiro atoms. The van der Waals surface area contributed by atoms with Crippen LogP contribution in [0.15, 0.2) is 12.7 Å². The third kappa shape index (κ3) is 5.08. The van der Waals surface area contributed by atoms with Gasteiger partial charge in [0.15, 0.2) is 0 Å². The van der Waals surface area contributed by atoms with Crippen molar-refractivity contribution in [1.29, 1.82) is 0 Å². The number of rotatable bonds is 4. The van der Waals surface area contributed by atoms with Gasteiger partial charge in [0.05, 0.1) is 25.3 Å². The van der Waals surface area contributed by atoms with Crippen LogP contribution in [0.4, 0.5) is 9.59 Å². The second kappa shape index (κ2) is 6.60. The molecule has 2 N–H and O–H groups in total. The van der Waals surface area contributed by atoms with Crippen molar-refractivity contribution in [3.63, 3.8) is 0 Å². The van der Waals surface area contributed by atoms with Crippen molar-refractivity contribution in [2.24, 2.45) is 0 Å². The lowest BCUT2D eigenvalue weighted by Crippen LogP contribution is -2.46. The zero-order chi connectivity index (χ0) is 15.3. The van der Waals surface area contributed by atoms with Crippen LogP contribution in [-0.4, -0.2) is 59.6 Å². The lowest BCUT2D eigenvalue weighted by molar-refractivity contribution is 0.0360. The summed E-state index contributed by atoms with van der Waals surface area (Å²) >= 11 is 0. The Kier molecular flexibility index (Phi) is 5.38. The van der Waals surface area contributed by atoms with E-state index in [1.807, 2.05) is 0 Å². The Morgan fingerprint density at radius 2 is 2.10 bits per heavy atom. The average molecular weight is 286 g/mol. The first-order chi connectivity index (χ1) is 9.23. The zero-order valence-electron chi connectivity index (χ0n) is 12.1. The number of likely N-dealkylation sites (tertiary alicyclic amines) is 1. The third-order valence-electron chi connectivity index (χ3n) is 2.67. The molecule has 0 aromatic heterocycles. The molecule has 1 aliphatic heterocycles. The number of nitrogens with one attached hydrogen (secondary N) is 1. The molecule has 0 radical (unpaired) electrons. The van der Waals surface area contributed by atoms with E-state index in [0.717, 1.165) is 0 Å². The monoisotopic (exact) mass is 286 g/mol. The van der Waals surface area contributed by atoms with Gasteiger partial charge in [-0.2, -0.15) is 0 Å². The smallest absolute Gasteiger partial charge is 0.408 e. The molecular formula is C13H22N2O5. The summed E-state index contributed by atoms with van der Waals surface area (Å²) in [6, 6.07) is -0.430. The van der Waals surface area contributed by atoms with E-state index in [9.17, 15) is 9.59 Å². The van der Waals surface area contributed by atoms with Crippen molar-refractivity contribution < 1.29 is 24.2 Å². The molecular weight excluding hydrogens is 264 g/mol. The minimum Gasteiger partial charge on any atom is -0.465 e. The van der Waals surface area contributed by atoms with E-state index in [0.29, 0.717) is 6.61 Å². The molecule has 1 saturated heterocycles. The predicted octanol–water partition coefficient (Wildman–Crippen LogP) is 1.44. The second-order valence-electron chi connectivity index (χ2n) is 5.60. The molecule has 0 aromatic carbocycles. The quantitative estimate of drug-likeness (QED) is 0.764. The lowest BCUT2D eigenvalue weighted by atomic mass is 10.2. The Hall–Kier alpha value is -1.76. The maximum Gasteiger partial charge on any atom is 0.408 e. The van der Waals surface area contributed by atoms with E-state index in [2.05, 4.69) is 11.9 Å². The predicted molar refractivity (Wildman–Crippen MR) is 72.7 cm³/mol. The van der Waals surface area contributed by atoms with Gasteiger partial charge in [0.2, 0.25) is 0 Å². The zero-order valence-corrected chi connectivity index (χ0v) is 12.1. The molecule has 0 aliphatic carbocycles. The Labute approximate surface area is 118 Å². The average Bonchev–Trinajstić information content (AvgIpc) is 2.67. The van der Waals surface area contributed by atoms with Crippen LogP contribution < -0.4 is 5.32 Å². The number of carbonyl (C=O) groups is 2. The van der Waals surface area contributed by atoms with Crippen LogP contribution in [-0.2, 0) is 9.47 Å². The second-order valence-corrected chi connectivity index (χ2v) is 5.60. The van der Waals surface area contributed by atoms with Crippen molar-refractivity contribution in [1.82, 2.24) is 10.2 Å². The first-order valence-corrected chi connectivity index (χ1v) is 6.43. The van der Waals surface area contributed by atoms with Gasteiger partial charge in [-0.15, -0.1) is 6.58 Å². The highest BCUT2D eigenvalue weighted by Crippen LogP contribution is 2.15. The van der Waals surface area contributed by atoms with E-state index >= 15 is 0 Å². The van der Waals surface area contributed by atoms with E-state index in [4.69, 9.17) is 14.6 Å². The van der Waals surface area contributed by atoms with Crippen LogP contribution in [0.25, 0.3) is 0 Å². The number of hydrogen-bond acceptors (Lipinski definition) is 4. The fraction of sp³-hybridized carbons (Fsp3) is 0.692. The molecule has 1 aliphatic rings. The van der Waals surface area contributed by atoms with Crippen LogP contribution in [0.3, 0.4) is 0 Å². The van der Waals surface area contributed by atoms with E-state index in [1.54, 1.807) is 26.8 Å². The summed E-state index contributed by atoms with van der Waals surface area (Å²) in [4.78, 5) is 23.9. The van der Waals surface area contributed by atoms with Crippen molar-refractivity contribution in [3.05, 3.63) is 12.7 Å². The number of carbonyl (C=O) groups excluding carboxylic acids is 1. The number of carboxylic acid groups (broad SMARTS) is 1. The highest BCUT2D eigenvalue weighted by molar-refractivity contribution is 5.69. The minimum atomic E-state index is -1.04. The third-order valence-corrected chi connectivity index (χ3v) is 2.67. The van der Waals surface area contributed by atoms with Gasteiger partial charge in [0, 0.05) is 6.54 Å². The van der Waals surface area contributed by atoms with Crippen molar-refractivity contribution in [2.75, 3.05) is 19.7 Å². The summed E-state index contributed by atoms with van der Waals surface area (Å²) in [6.07, 6.45) is -0.446. The van der Waals surface area contributed by atoms with Crippen molar-refractivity contribution in [3.8, 4) is 0 Å². The van der Waals surface area contributed by atoms with Crippen LogP contribution in [0.5, 0.6) is 0 Å². The number of amides is 2. The Morgan fingerprint density at radius 1 is 1.45 bits per heavy atom. The fourth-order valence-electron chi connectivity index (χ4n) is 1.89. The number of ether oxygens (including phenoxy) is 2. The highest BCUT2D eigenvalue weighted by Gasteiger charge is 2.37. The number of hydrogen-bond donors (Lipinski definition) is 2. The van der Waals surface area contributed by atoms with Crippen molar-refractivity contribution >= 4 is 12.2 Å². The molecule has 1 fully saturated rings. The first kappa shape index (κ1) is 16.3. The van der Waals surface area contributed by atoms with Crippen LogP contribution in [0.1, 0.15) is 20.8 Å². The maximum absolute atomic E-state index is 11.7. The molecule has 2 unspecified atom stereocenters. The van der Waals surface area contributed by atoms with E-state index in [1.165, 1.54) is 4.90 Å². The standard InChI is InChI=1S/C13H22N2O5/c1-5-6-19-10-8-15(12(17)18)7-9(10)14-11(16)20-13(2,3)4/h5,9-10H,1,6-8H2,2-4H3,(H,14,16)(H,17,18). The van der Waals surface area contributed by atoms with E-state index in [-0.39, 0.29) is 13.1 Å². The largest absolute Gasteiger partial charge is 0.465 e. The highest BCUT2D eigenvalue weighted by atomic mass is 16.6.